The summed E-state index contributed by atoms with van der Waals surface area (Å²) in [6, 6.07) is 6.99. The lowest BCUT2D eigenvalue weighted by Gasteiger charge is -2.27. The molecule has 12 heteroatoms. The van der Waals surface area contributed by atoms with Crippen molar-refractivity contribution in [1.82, 2.24) is 0 Å². The smallest absolute Gasteiger partial charge is 0.303 e. The molecule has 0 atom stereocenters. The number of allylic oxidation sites excluding steroid dienone is 8. The Bertz CT molecular complexity index is 2080. The number of benzene rings is 2. The zero-order valence-corrected chi connectivity index (χ0v) is 34.8. The highest BCUT2D eigenvalue weighted by atomic mass is 35.5. The fourth-order valence-corrected chi connectivity index (χ4v) is 9.34. The highest BCUT2D eigenvalue weighted by Gasteiger charge is 2.46. The Morgan fingerprint density at radius 2 is 1.74 bits per heavy atom. The minimum atomic E-state index is -4.41. The number of rotatable bonds is 15. The lowest BCUT2D eigenvalue weighted by molar-refractivity contribution is -0.438. The van der Waals surface area contributed by atoms with E-state index in [1.807, 2.05) is 19.1 Å². The number of halogens is 1. The molecule has 9 nitrogen and oxygen atoms in total. The Kier molecular flexibility index (Phi) is 13.0. The van der Waals surface area contributed by atoms with Crippen molar-refractivity contribution in [2.45, 2.75) is 122 Å². The van der Waals surface area contributed by atoms with E-state index in [2.05, 4.69) is 75.3 Å². The van der Waals surface area contributed by atoms with E-state index in [0.717, 1.165) is 107 Å². The number of unbranched alkanes of at least 4 members (excludes halogenated alkanes) is 3. The average molecular weight is 797 g/mol. The second-order valence-corrected chi connectivity index (χ2v) is 17.8. The minimum absolute atomic E-state index is 0.104. The van der Waals surface area contributed by atoms with Gasteiger partial charge in [0.05, 0.1) is 10.3 Å². The summed E-state index contributed by atoms with van der Waals surface area (Å²) in [7, 11) is -4.41. The molecular formula is C42H53ClN2O7S2. The first kappa shape index (κ1) is 41.8. The van der Waals surface area contributed by atoms with Crippen LogP contribution >= 0.6 is 23.9 Å². The van der Waals surface area contributed by atoms with Crippen molar-refractivity contribution in [1.29, 1.82) is 0 Å². The van der Waals surface area contributed by atoms with Crippen molar-refractivity contribution in [3.63, 3.8) is 0 Å². The summed E-state index contributed by atoms with van der Waals surface area (Å²) in [5.41, 5.74) is 9.11. The summed E-state index contributed by atoms with van der Waals surface area (Å²) in [5, 5.41) is 9.85. The summed E-state index contributed by atoms with van der Waals surface area (Å²) in [6.45, 7) is 16.1. The third kappa shape index (κ3) is 8.55. The third-order valence-corrected chi connectivity index (χ3v) is 12.7. The second kappa shape index (κ2) is 16.8. The monoisotopic (exact) mass is 796 g/mol. The van der Waals surface area contributed by atoms with Gasteiger partial charge in [0, 0.05) is 58.4 Å². The van der Waals surface area contributed by atoms with E-state index in [0.29, 0.717) is 18.7 Å². The van der Waals surface area contributed by atoms with Crippen LogP contribution in [0.2, 0.25) is 0 Å². The van der Waals surface area contributed by atoms with Crippen molar-refractivity contribution in [2.75, 3.05) is 18.0 Å². The normalized spacial score (nSPS) is 19.4. The van der Waals surface area contributed by atoms with Gasteiger partial charge >= 0.3 is 5.97 Å². The van der Waals surface area contributed by atoms with Gasteiger partial charge in [-0.05, 0) is 125 Å². The van der Waals surface area contributed by atoms with E-state index >= 15 is 0 Å². The van der Waals surface area contributed by atoms with Crippen LogP contribution in [0.1, 0.15) is 115 Å². The molecule has 54 heavy (non-hydrogen) atoms. The molecule has 1 aliphatic carbocycles. The maximum absolute atomic E-state index is 12.2. The van der Waals surface area contributed by atoms with Crippen LogP contribution in [0.4, 0.5) is 11.4 Å². The Balaban J connectivity index is 1.52. The zero-order valence-electron chi connectivity index (χ0n) is 32.4. The number of carboxylic acids is 1. The van der Waals surface area contributed by atoms with E-state index in [1.165, 1.54) is 11.8 Å². The van der Waals surface area contributed by atoms with Crippen molar-refractivity contribution >= 4 is 57.1 Å². The predicted octanol–water partition coefficient (Wildman–Crippen LogP) is 10.4. The Morgan fingerprint density at radius 3 is 2.41 bits per heavy atom. The lowest BCUT2D eigenvalue weighted by atomic mass is 9.80. The fourth-order valence-electron chi connectivity index (χ4n) is 8.26. The molecule has 0 unspecified atom stereocenters. The van der Waals surface area contributed by atoms with Crippen LogP contribution in [0.5, 0.6) is 5.75 Å². The van der Waals surface area contributed by atoms with Crippen LogP contribution in [0.3, 0.4) is 0 Å². The third-order valence-electron chi connectivity index (χ3n) is 11.1. The molecule has 2 heterocycles. The van der Waals surface area contributed by atoms with Gasteiger partial charge in [-0.3, -0.25) is 9.35 Å². The molecular weight excluding hydrogens is 744 g/mol. The number of aliphatic carboxylic acids is 1. The van der Waals surface area contributed by atoms with Crippen LogP contribution in [0, 0.1) is 13.8 Å². The first-order valence-electron chi connectivity index (χ1n) is 18.8. The van der Waals surface area contributed by atoms with Gasteiger partial charge in [0.2, 0.25) is 5.69 Å². The molecule has 0 bridgehead atoms. The highest BCUT2D eigenvalue weighted by molar-refractivity contribution is 7.89. The van der Waals surface area contributed by atoms with Crippen LogP contribution < -0.4 is 9.08 Å². The summed E-state index contributed by atoms with van der Waals surface area (Å²) >= 11 is 7.33. The van der Waals surface area contributed by atoms with Crippen molar-refractivity contribution in [2.24, 2.45) is 0 Å². The van der Waals surface area contributed by atoms with E-state index in [9.17, 15) is 22.3 Å². The molecule has 0 spiro atoms. The molecule has 2 aliphatic heterocycles. The largest absolute Gasteiger partial charge is 0.766 e. The number of hydrogen-bond acceptors (Lipinski definition) is 7. The van der Waals surface area contributed by atoms with E-state index in [4.69, 9.17) is 20.9 Å². The van der Waals surface area contributed by atoms with Crippen LogP contribution in [-0.2, 0) is 25.7 Å². The number of hydrogen-bond donors (Lipinski definition) is 2. The number of carboxylic acid groups (broad SMARTS) is 1. The topological polar surface area (TPSA) is 130 Å². The molecule has 5 rings (SSSR count). The SMILES string of the molecule is CCCC[N+]1=C(/C=C/C2=C(Cl)C(=C/C=C3/N(CCCCCC(=O)O)c4c(C)cc(S(=O)(=O)O)cc4C3(C)C)/CCC2)C(C)(C)c2cc(OS[O-])cc(C)c21. The molecule has 292 valence electrons. The van der Waals surface area contributed by atoms with Gasteiger partial charge in [-0.25, -0.2) is 0 Å². The standard InChI is InChI=1S/C42H53ClN2O7S2/c1-8-9-21-44-35(41(4,5)33-25-31(52-53-48)23-27(2)39(33)44)19-17-29-14-13-15-30(38(29)43)18-20-36-42(6,7)34-26-32(54(49,50)51)24-28(3)40(34)45(36)22-12-10-11-16-37(46)47/h17-20,23-26H,8-16,21-22H2,1-7H3,(H2-,46,47,48,49,50,51). The molecule has 0 amide bonds. The van der Waals surface area contributed by atoms with Gasteiger partial charge in [0.25, 0.3) is 10.1 Å². The molecule has 2 aromatic carbocycles. The molecule has 3 aliphatic rings. The number of carbonyl (C=O) groups is 1. The average Bonchev–Trinajstić information content (AvgIpc) is 3.44. The zero-order chi connectivity index (χ0) is 39.6. The first-order chi connectivity index (χ1) is 25.4. The minimum Gasteiger partial charge on any atom is -0.766 e. The Hall–Kier alpha value is -3.35. The first-order valence-corrected chi connectivity index (χ1v) is 21.3. The molecule has 0 radical (unpaired) electrons. The van der Waals surface area contributed by atoms with Crippen LogP contribution in [-0.4, -0.2) is 52.0 Å². The van der Waals surface area contributed by atoms with Crippen LogP contribution in [0.15, 0.2) is 75.3 Å². The molecule has 0 aromatic heterocycles. The Morgan fingerprint density at radius 1 is 1.00 bits per heavy atom. The van der Waals surface area contributed by atoms with E-state index < -0.39 is 21.5 Å². The summed E-state index contributed by atoms with van der Waals surface area (Å²) < 4.78 is 53.4. The number of anilines is 1. The van der Waals surface area contributed by atoms with E-state index in [-0.39, 0.29) is 29.1 Å². The maximum atomic E-state index is 12.2. The molecule has 0 saturated heterocycles. The fraction of sp³-hybridized carbons (Fsp3) is 0.476. The van der Waals surface area contributed by atoms with Gasteiger partial charge in [-0.1, -0.05) is 57.4 Å². The summed E-state index contributed by atoms with van der Waals surface area (Å²) in [6.07, 6.45) is 15.4. The van der Waals surface area contributed by atoms with Crippen molar-refractivity contribution in [3.05, 3.63) is 92.7 Å². The number of fused-ring (bicyclic) bond motifs is 2. The summed E-state index contributed by atoms with van der Waals surface area (Å²) in [4.78, 5) is 13.2. The summed E-state index contributed by atoms with van der Waals surface area (Å²) in [5.74, 6) is -0.254. The van der Waals surface area contributed by atoms with Gasteiger partial charge in [-0.15, -0.1) is 0 Å². The number of nitrogens with zero attached hydrogens (tertiary/aromatic N) is 2. The van der Waals surface area contributed by atoms with Crippen LogP contribution in [0.25, 0.3) is 0 Å². The molecule has 0 fully saturated rings. The van der Waals surface area contributed by atoms with Crippen molar-refractivity contribution < 1.29 is 36.2 Å². The lowest BCUT2D eigenvalue weighted by Crippen LogP contribution is -2.28. The van der Waals surface area contributed by atoms with E-state index in [1.54, 1.807) is 6.07 Å². The molecule has 2 N–H and O–H groups in total. The predicted molar refractivity (Wildman–Crippen MR) is 217 cm³/mol. The maximum Gasteiger partial charge on any atom is 0.303 e. The van der Waals surface area contributed by atoms with Gasteiger partial charge < -0.3 is 18.7 Å². The Labute approximate surface area is 330 Å². The molecule has 2 aromatic rings. The van der Waals surface area contributed by atoms with Gasteiger partial charge in [-0.2, -0.15) is 13.0 Å². The number of aryl methyl sites for hydroxylation is 2. The molecule has 0 saturated carbocycles. The van der Waals surface area contributed by atoms with Gasteiger partial charge in [0.15, 0.2) is 5.71 Å². The second-order valence-electron chi connectivity index (χ2n) is 15.7. The highest BCUT2D eigenvalue weighted by Crippen LogP contribution is 2.51. The van der Waals surface area contributed by atoms with Crippen molar-refractivity contribution in [3.8, 4) is 5.75 Å². The quantitative estimate of drug-likeness (QED) is 0.0783. The van der Waals surface area contributed by atoms with Gasteiger partial charge in [0.1, 0.15) is 12.3 Å².